The Morgan fingerprint density at radius 1 is 0.682 bits per heavy atom. The molecule has 0 aromatic heterocycles. The van der Waals surface area contributed by atoms with Gasteiger partial charge in [-0.3, -0.25) is 0 Å². The van der Waals surface area contributed by atoms with Crippen LogP contribution in [0.1, 0.15) is 5.56 Å². The maximum absolute atomic E-state index is 5.45. The maximum Gasteiger partial charge on any atom is 0.0462 e. The van der Waals surface area contributed by atoms with Crippen molar-refractivity contribution in [3.8, 4) is 12.3 Å². The topological polar surface area (TPSA) is 3.24 Å². The summed E-state index contributed by atoms with van der Waals surface area (Å²) in [5, 5.41) is 0. The highest BCUT2D eigenvalue weighted by molar-refractivity contribution is 9.10. The molecule has 0 radical (unpaired) electrons. The molecule has 0 aliphatic carbocycles. The summed E-state index contributed by atoms with van der Waals surface area (Å²) in [4.78, 5) is 2.20. The summed E-state index contributed by atoms with van der Waals surface area (Å²) < 4.78 is 1.06. The van der Waals surface area contributed by atoms with Crippen molar-refractivity contribution in [3.05, 3.63) is 88.9 Å². The molecule has 3 aromatic rings. The first kappa shape index (κ1) is 14.4. The van der Waals surface area contributed by atoms with Gasteiger partial charge in [0.1, 0.15) is 0 Å². The average Bonchev–Trinajstić information content (AvgIpc) is 2.58. The lowest BCUT2D eigenvalue weighted by Crippen LogP contribution is -2.09. The lowest BCUT2D eigenvalue weighted by molar-refractivity contribution is 1.28. The zero-order chi connectivity index (χ0) is 15.4. The third-order valence-corrected chi connectivity index (χ3v) is 3.92. The summed E-state index contributed by atoms with van der Waals surface area (Å²) in [6.45, 7) is 0. The number of halogens is 1. The van der Waals surface area contributed by atoms with E-state index in [0.717, 1.165) is 27.1 Å². The van der Waals surface area contributed by atoms with E-state index in [4.69, 9.17) is 6.42 Å². The lowest BCUT2D eigenvalue weighted by Gasteiger charge is -2.25. The molecule has 0 unspecified atom stereocenters. The summed E-state index contributed by atoms with van der Waals surface area (Å²) in [7, 11) is 0. The standard InChI is InChI=1S/C20H14BrN/c1-2-16-8-12-19(13-9-16)22(18-6-4-3-5-7-18)20-14-10-17(21)11-15-20/h1,3-15H. The SMILES string of the molecule is C#Cc1ccc(N(c2ccccc2)c2ccc(Br)cc2)cc1. The Hall–Kier alpha value is -2.50. The Bertz CT molecular complexity index is 784. The van der Waals surface area contributed by atoms with Gasteiger partial charge in [-0.2, -0.15) is 0 Å². The molecule has 0 saturated carbocycles. The van der Waals surface area contributed by atoms with Crippen LogP contribution in [-0.2, 0) is 0 Å². The third kappa shape index (κ3) is 3.05. The molecule has 0 aliphatic heterocycles. The predicted molar refractivity (Wildman–Crippen MR) is 96.8 cm³/mol. The smallest absolute Gasteiger partial charge is 0.0462 e. The van der Waals surface area contributed by atoms with Crippen molar-refractivity contribution in [1.29, 1.82) is 0 Å². The summed E-state index contributed by atoms with van der Waals surface area (Å²) in [5.41, 5.74) is 4.17. The minimum absolute atomic E-state index is 0.882. The van der Waals surface area contributed by atoms with Gasteiger partial charge in [0.25, 0.3) is 0 Å². The van der Waals surface area contributed by atoms with Crippen LogP contribution in [0.3, 0.4) is 0 Å². The fraction of sp³-hybridized carbons (Fsp3) is 0. The minimum Gasteiger partial charge on any atom is -0.311 e. The zero-order valence-corrected chi connectivity index (χ0v) is 13.5. The van der Waals surface area contributed by atoms with Crippen LogP contribution >= 0.6 is 15.9 Å². The molecule has 3 aromatic carbocycles. The van der Waals surface area contributed by atoms with E-state index in [1.165, 1.54) is 0 Å². The van der Waals surface area contributed by atoms with Crippen LogP contribution in [0, 0.1) is 12.3 Å². The van der Waals surface area contributed by atoms with Crippen molar-refractivity contribution in [2.24, 2.45) is 0 Å². The number of anilines is 3. The van der Waals surface area contributed by atoms with Gasteiger partial charge < -0.3 is 4.90 Å². The van der Waals surface area contributed by atoms with E-state index in [1.807, 2.05) is 54.6 Å². The molecule has 0 amide bonds. The summed E-state index contributed by atoms with van der Waals surface area (Å²) in [5.74, 6) is 2.66. The fourth-order valence-electron chi connectivity index (χ4n) is 2.32. The molecular weight excluding hydrogens is 334 g/mol. The van der Waals surface area contributed by atoms with E-state index in [0.29, 0.717) is 0 Å². The molecule has 0 spiro atoms. The second-order valence-electron chi connectivity index (χ2n) is 4.84. The molecule has 0 N–H and O–H groups in total. The molecule has 3 rings (SSSR count). The van der Waals surface area contributed by atoms with E-state index < -0.39 is 0 Å². The molecule has 0 heterocycles. The third-order valence-electron chi connectivity index (χ3n) is 3.39. The Morgan fingerprint density at radius 2 is 1.18 bits per heavy atom. The zero-order valence-electron chi connectivity index (χ0n) is 11.9. The second-order valence-corrected chi connectivity index (χ2v) is 5.75. The molecule has 0 atom stereocenters. The molecule has 22 heavy (non-hydrogen) atoms. The number of benzene rings is 3. The van der Waals surface area contributed by atoms with Gasteiger partial charge in [0.05, 0.1) is 0 Å². The van der Waals surface area contributed by atoms with Crippen molar-refractivity contribution in [3.63, 3.8) is 0 Å². The van der Waals surface area contributed by atoms with E-state index in [1.54, 1.807) is 0 Å². The largest absolute Gasteiger partial charge is 0.311 e. The highest BCUT2D eigenvalue weighted by atomic mass is 79.9. The van der Waals surface area contributed by atoms with E-state index in [9.17, 15) is 0 Å². The number of nitrogens with zero attached hydrogens (tertiary/aromatic N) is 1. The summed E-state index contributed by atoms with van der Waals surface area (Å²) in [6.07, 6.45) is 5.45. The summed E-state index contributed by atoms with van der Waals surface area (Å²) >= 11 is 3.49. The first-order chi connectivity index (χ1) is 10.8. The monoisotopic (exact) mass is 347 g/mol. The van der Waals surface area contributed by atoms with Gasteiger partial charge in [-0.25, -0.2) is 0 Å². The van der Waals surface area contributed by atoms with E-state index in [-0.39, 0.29) is 0 Å². The molecule has 0 bridgehead atoms. The molecule has 0 fully saturated rings. The van der Waals surface area contributed by atoms with Gasteiger partial charge in [-0.1, -0.05) is 40.0 Å². The van der Waals surface area contributed by atoms with Gasteiger partial charge >= 0.3 is 0 Å². The fourth-order valence-corrected chi connectivity index (χ4v) is 2.59. The van der Waals surface area contributed by atoms with Crippen molar-refractivity contribution < 1.29 is 0 Å². The number of terminal acetylenes is 1. The van der Waals surface area contributed by atoms with E-state index >= 15 is 0 Å². The average molecular weight is 348 g/mol. The van der Waals surface area contributed by atoms with Gasteiger partial charge in [0.2, 0.25) is 0 Å². The first-order valence-corrected chi connectivity index (χ1v) is 7.74. The van der Waals surface area contributed by atoms with Gasteiger partial charge in [-0.05, 0) is 60.7 Å². The molecule has 1 nitrogen and oxygen atoms in total. The predicted octanol–water partition coefficient (Wildman–Crippen LogP) is 5.90. The maximum atomic E-state index is 5.45. The van der Waals surface area contributed by atoms with E-state index in [2.05, 4.69) is 51.0 Å². The van der Waals surface area contributed by atoms with Crippen LogP contribution in [0.25, 0.3) is 0 Å². The number of hydrogen-bond donors (Lipinski definition) is 0. The Morgan fingerprint density at radius 3 is 1.73 bits per heavy atom. The van der Waals surface area contributed by atoms with Crippen LogP contribution in [0.5, 0.6) is 0 Å². The van der Waals surface area contributed by atoms with Crippen LogP contribution < -0.4 is 4.90 Å². The van der Waals surface area contributed by atoms with Crippen molar-refractivity contribution >= 4 is 33.0 Å². The van der Waals surface area contributed by atoms with Crippen LogP contribution in [0.4, 0.5) is 17.1 Å². The Balaban J connectivity index is 2.10. The number of para-hydroxylation sites is 1. The van der Waals surface area contributed by atoms with Crippen molar-refractivity contribution in [2.45, 2.75) is 0 Å². The molecule has 106 valence electrons. The number of rotatable bonds is 3. The van der Waals surface area contributed by atoms with Gasteiger partial charge in [-0.15, -0.1) is 6.42 Å². The molecule has 2 heteroatoms. The van der Waals surface area contributed by atoms with Gasteiger partial charge in [0, 0.05) is 27.1 Å². The highest BCUT2D eigenvalue weighted by Crippen LogP contribution is 2.34. The number of hydrogen-bond acceptors (Lipinski definition) is 1. The van der Waals surface area contributed by atoms with Crippen molar-refractivity contribution in [1.82, 2.24) is 0 Å². The molecular formula is C20H14BrN. The van der Waals surface area contributed by atoms with Crippen LogP contribution in [0.15, 0.2) is 83.3 Å². The highest BCUT2D eigenvalue weighted by Gasteiger charge is 2.11. The molecule has 0 aliphatic rings. The minimum atomic E-state index is 0.882. The van der Waals surface area contributed by atoms with Gasteiger partial charge in [0.15, 0.2) is 0 Å². The Labute approximate surface area is 139 Å². The lowest BCUT2D eigenvalue weighted by atomic mass is 10.1. The first-order valence-electron chi connectivity index (χ1n) is 6.95. The second kappa shape index (κ2) is 6.51. The Kier molecular flexibility index (Phi) is 4.27. The van der Waals surface area contributed by atoms with Crippen LogP contribution in [-0.4, -0.2) is 0 Å². The summed E-state index contributed by atoms with van der Waals surface area (Å²) in [6, 6.07) is 26.6. The molecule has 0 saturated heterocycles. The quantitative estimate of drug-likeness (QED) is 0.533. The van der Waals surface area contributed by atoms with Crippen LogP contribution in [0.2, 0.25) is 0 Å². The normalized spacial score (nSPS) is 10.0. The van der Waals surface area contributed by atoms with Crippen molar-refractivity contribution in [2.75, 3.05) is 4.90 Å².